The molecular formula is C18H28N2O3. The first-order valence-corrected chi connectivity index (χ1v) is 8.31. The number of benzene rings is 1. The van der Waals surface area contributed by atoms with Gasteiger partial charge in [-0.25, -0.2) is 4.79 Å². The molecule has 0 radical (unpaired) electrons. The Morgan fingerprint density at radius 2 is 1.87 bits per heavy atom. The molecular weight excluding hydrogens is 292 g/mol. The average Bonchev–Trinajstić information content (AvgIpc) is 2.48. The number of rotatable bonds is 4. The number of nitrogens with zero attached hydrogens (tertiary/aromatic N) is 1. The molecule has 0 atom stereocenters. The van der Waals surface area contributed by atoms with Gasteiger partial charge in [0.25, 0.3) is 0 Å². The molecule has 0 saturated carbocycles. The van der Waals surface area contributed by atoms with Gasteiger partial charge in [-0.05, 0) is 57.7 Å². The zero-order valence-corrected chi connectivity index (χ0v) is 14.3. The molecule has 0 aromatic heterocycles. The highest BCUT2D eigenvalue weighted by Crippen LogP contribution is 2.19. The van der Waals surface area contributed by atoms with E-state index in [4.69, 9.17) is 9.84 Å². The summed E-state index contributed by atoms with van der Waals surface area (Å²) >= 11 is 0. The van der Waals surface area contributed by atoms with E-state index >= 15 is 0 Å². The molecule has 2 rings (SSSR count). The van der Waals surface area contributed by atoms with Gasteiger partial charge in [-0.15, -0.1) is 0 Å². The number of amides is 1. The summed E-state index contributed by atoms with van der Waals surface area (Å²) in [6, 6.07) is 8.54. The van der Waals surface area contributed by atoms with Crippen LogP contribution in [0.15, 0.2) is 24.3 Å². The SMILES string of the molecule is CC(C)(C)OC(=O)N1CCC(Nc2ccc(CCO)cc2)CC1. The fraction of sp³-hybridized carbons (Fsp3) is 0.611. The Labute approximate surface area is 138 Å². The summed E-state index contributed by atoms with van der Waals surface area (Å²) in [6.45, 7) is 7.28. The zero-order chi connectivity index (χ0) is 16.9. The van der Waals surface area contributed by atoms with Gasteiger partial charge < -0.3 is 20.1 Å². The second-order valence-corrected chi connectivity index (χ2v) is 7.06. The summed E-state index contributed by atoms with van der Waals surface area (Å²) in [6.07, 6.45) is 2.30. The first-order chi connectivity index (χ1) is 10.9. The lowest BCUT2D eigenvalue weighted by atomic mass is 10.0. The van der Waals surface area contributed by atoms with E-state index in [0.717, 1.165) is 37.2 Å². The van der Waals surface area contributed by atoms with Crippen molar-refractivity contribution >= 4 is 11.8 Å². The number of hydrogen-bond donors (Lipinski definition) is 2. The van der Waals surface area contributed by atoms with Crippen molar-refractivity contribution in [3.63, 3.8) is 0 Å². The van der Waals surface area contributed by atoms with E-state index in [2.05, 4.69) is 5.32 Å². The molecule has 0 unspecified atom stereocenters. The third-order valence-corrected chi connectivity index (χ3v) is 3.87. The Balaban J connectivity index is 1.79. The number of likely N-dealkylation sites (tertiary alicyclic amines) is 1. The van der Waals surface area contributed by atoms with Crippen LogP contribution in [0.4, 0.5) is 10.5 Å². The maximum Gasteiger partial charge on any atom is 0.410 e. The van der Waals surface area contributed by atoms with Crippen LogP contribution < -0.4 is 5.32 Å². The molecule has 5 nitrogen and oxygen atoms in total. The van der Waals surface area contributed by atoms with Crippen molar-refractivity contribution in [1.29, 1.82) is 0 Å². The molecule has 23 heavy (non-hydrogen) atoms. The van der Waals surface area contributed by atoms with E-state index in [1.54, 1.807) is 4.90 Å². The summed E-state index contributed by atoms with van der Waals surface area (Å²) in [5, 5.41) is 12.4. The molecule has 1 fully saturated rings. The average molecular weight is 320 g/mol. The van der Waals surface area contributed by atoms with E-state index < -0.39 is 5.60 Å². The number of aliphatic hydroxyl groups is 1. The van der Waals surface area contributed by atoms with Crippen LogP contribution in [-0.2, 0) is 11.2 Å². The number of hydrogen-bond acceptors (Lipinski definition) is 4. The van der Waals surface area contributed by atoms with Crippen molar-refractivity contribution in [2.75, 3.05) is 25.0 Å². The van der Waals surface area contributed by atoms with Crippen LogP contribution >= 0.6 is 0 Å². The molecule has 1 aliphatic heterocycles. The Morgan fingerprint density at radius 3 is 2.39 bits per heavy atom. The van der Waals surface area contributed by atoms with Gasteiger partial charge in [0.2, 0.25) is 0 Å². The smallest absolute Gasteiger partial charge is 0.410 e. The lowest BCUT2D eigenvalue weighted by Crippen LogP contribution is -2.44. The second kappa shape index (κ2) is 7.68. The minimum absolute atomic E-state index is 0.176. The summed E-state index contributed by atoms with van der Waals surface area (Å²) in [5.74, 6) is 0. The Bertz CT molecular complexity index is 500. The number of ether oxygens (including phenoxy) is 1. The van der Waals surface area contributed by atoms with Crippen molar-refractivity contribution in [1.82, 2.24) is 4.90 Å². The Morgan fingerprint density at radius 1 is 1.26 bits per heavy atom. The van der Waals surface area contributed by atoms with Gasteiger partial charge >= 0.3 is 6.09 Å². The fourth-order valence-corrected chi connectivity index (χ4v) is 2.67. The largest absolute Gasteiger partial charge is 0.444 e. The minimum atomic E-state index is -0.442. The van der Waals surface area contributed by atoms with Crippen molar-refractivity contribution in [2.45, 2.75) is 51.7 Å². The first-order valence-electron chi connectivity index (χ1n) is 8.31. The highest BCUT2D eigenvalue weighted by atomic mass is 16.6. The third kappa shape index (κ3) is 5.75. The molecule has 1 aromatic carbocycles. The summed E-state index contributed by atoms with van der Waals surface area (Å²) < 4.78 is 5.41. The highest BCUT2D eigenvalue weighted by molar-refractivity contribution is 5.68. The number of aliphatic hydroxyl groups excluding tert-OH is 1. The number of carbonyl (C=O) groups excluding carboxylic acids is 1. The molecule has 1 aromatic rings. The maximum absolute atomic E-state index is 12.0. The number of carbonyl (C=O) groups is 1. The summed E-state index contributed by atoms with van der Waals surface area (Å²) in [4.78, 5) is 13.8. The highest BCUT2D eigenvalue weighted by Gasteiger charge is 2.26. The number of piperidine rings is 1. The molecule has 1 saturated heterocycles. The summed E-state index contributed by atoms with van der Waals surface area (Å²) in [7, 11) is 0. The van der Waals surface area contributed by atoms with Crippen LogP contribution in [0.25, 0.3) is 0 Å². The molecule has 0 aliphatic carbocycles. The third-order valence-electron chi connectivity index (χ3n) is 3.87. The van der Waals surface area contributed by atoms with Gasteiger partial charge in [0.05, 0.1) is 0 Å². The van der Waals surface area contributed by atoms with Gasteiger partial charge in [-0.3, -0.25) is 0 Å². The van der Waals surface area contributed by atoms with E-state index in [1.165, 1.54) is 0 Å². The normalized spacial score (nSPS) is 16.3. The van der Waals surface area contributed by atoms with Crippen LogP contribution in [-0.4, -0.2) is 47.4 Å². The molecule has 1 amide bonds. The standard InChI is InChI=1S/C18H28N2O3/c1-18(2,3)23-17(22)20-11-8-16(9-12-20)19-15-6-4-14(5-7-15)10-13-21/h4-7,16,19,21H,8-13H2,1-3H3. The van der Waals surface area contributed by atoms with Gasteiger partial charge in [0, 0.05) is 31.4 Å². The molecule has 128 valence electrons. The minimum Gasteiger partial charge on any atom is -0.444 e. The maximum atomic E-state index is 12.0. The Kier molecular flexibility index (Phi) is 5.88. The molecule has 0 bridgehead atoms. The van der Waals surface area contributed by atoms with Crippen LogP contribution in [0.1, 0.15) is 39.2 Å². The number of nitrogens with one attached hydrogen (secondary N) is 1. The van der Waals surface area contributed by atoms with E-state index in [0.29, 0.717) is 12.5 Å². The molecule has 1 aliphatic rings. The fourth-order valence-electron chi connectivity index (χ4n) is 2.67. The topological polar surface area (TPSA) is 61.8 Å². The van der Waals surface area contributed by atoms with Crippen molar-refractivity contribution in [2.24, 2.45) is 0 Å². The molecule has 0 spiro atoms. The van der Waals surface area contributed by atoms with E-state index in [-0.39, 0.29) is 12.7 Å². The van der Waals surface area contributed by atoms with Crippen LogP contribution in [0, 0.1) is 0 Å². The molecule has 2 N–H and O–H groups in total. The monoisotopic (exact) mass is 320 g/mol. The van der Waals surface area contributed by atoms with E-state index in [9.17, 15) is 4.79 Å². The van der Waals surface area contributed by atoms with Crippen molar-refractivity contribution < 1.29 is 14.6 Å². The van der Waals surface area contributed by atoms with Crippen molar-refractivity contribution in [3.8, 4) is 0 Å². The first kappa shape index (κ1) is 17.6. The second-order valence-electron chi connectivity index (χ2n) is 7.06. The quantitative estimate of drug-likeness (QED) is 0.895. The zero-order valence-electron chi connectivity index (χ0n) is 14.3. The lowest BCUT2D eigenvalue weighted by molar-refractivity contribution is 0.0210. The summed E-state index contributed by atoms with van der Waals surface area (Å²) in [5.41, 5.74) is 1.78. The van der Waals surface area contributed by atoms with Gasteiger partial charge in [-0.2, -0.15) is 0 Å². The van der Waals surface area contributed by atoms with Gasteiger partial charge in [-0.1, -0.05) is 12.1 Å². The van der Waals surface area contributed by atoms with Crippen LogP contribution in [0.3, 0.4) is 0 Å². The molecule has 1 heterocycles. The van der Waals surface area contributed by atoms with Crippen LogP contribution in [0.2, 0.25) is 0 Å². The van der Waals surface area contributed by atoms with Gasteiger partial charge in [0.15, 0.2) is 0 Å². The molecule has 5 heteroatoms. The van der Waals surface area contributed by atoms with Gasteiger partial charge in [0.1, 0.15) is 5.60 Å². The predicted molar refractivity (Wildman–Crippen MR) is 91.7 cm³/mol. The van der Waals surface area contributed by atoms with Crippen LogP contribution in [0.5, 0.6) is 0 Å². The lowest BCUT2D eigenvalue weighted by Gasteiger charge is -2.34. The number of anilines is 1. The predicted octanol–water partition coefficient (Wildman–Crippen LogP) is 3.03. The van der Waals surface area contributed by atoms with Crippen molar-refractivity contribution in [3.05, 3.63) is 29.8 Å². The Hall–Kier alpha value is -1.75. The van der Waals surface area contributed by atoms with E-state index in [1.807, 2.05) is 45.0 Å².